The number of morpholine rings is 1. The van der Waals surface area contributed by atoms with Gasteiger partial charge in [-0.3, -0.25) is 9.59 Å². The number of benzene rings is 1. The second kappa shape index (κ2) is 11.5. The summed E-state index contributed by atoms with van der Waals surface area (Å²) >= 11 is 0. The molecular formula is C30H29FN6O5. The van der Waals surface area contributed by atoms with Crippen LogP contribution in [0.1, 0.15) is 21.6 Å². The van der Waals surface area contributed by atoms with Crippen LogP contribution in [0, 0.1) is 5.95 Å². The Morgan fingerprint density at radius 1 is 1.02 bits per heavy atom. The number of amides is 1. The zero-order valence-corrected chi connectivity index (χ0v) is 23.2. The van der Waals surface area contributed by atoms with Crippen LogP contribution in [-0.4, -0.2) is 65.9 Å². The van der Waals surface area contributed by atoms with Gasteiger partial charge in [-0.15, -0.1) is 0 Å². The number of nitrogens with one attached hydrogen (secondary N) is 1. The molecule has 2 aliphatic rings. The van der Waals surface area contributed by atoms with Crippen LogP contribution in [0.15, 0.2) is 65.6 Å². The maximum Gasteiger partial charge on any atom is 0.258 e. The first kappa shape index (κ1) is 27.2. The Hall–Kier alpha value is -4.97. The van der Waals surface area contributed by atoms with Crippen molar-refractivity contribution in [2.24, 2.45) is 0 Å². The highest BCUT2D eigenvalue weighted by molar-refractivity contribution is 6.03. The van der Waals surface area contributed by atoms with Gasteiger partial charge in [0.1, 0.15) is 23.1 Å². The van der Waals surface area contributed by atoms with Crippen LogP contribution >= 0.6 is 0 Å². The fraction of sp³-hybridized carbons (Fsp3) is 0.267. The summed E-state index contributed by atoms with van der Waals surface area (Å²) in [5, 5.41) is 3.22. The minimum absolute atomic E-state index is 0.0564. The van der Waals surface area contributed by atoms with Crippen LogP contribution < -0.4 is 25.2 Å². The van der Waals surface area contributed by atoms with Gasteiger partial charge in [-0.25, -0.2) is 14.5 Å². The number of ether oxygens (including phenoxy) is 3. The summed E-state index contributed by atoms with van der Waals surface area (Å²) in [6.07, 6.45) is 1.75. The smallest absolute Gasteiger partial charge is 0.258 e. The summed E-state index contributed by atoms with van der Waals surface area (Å²) < 4.78 is 32.0. The number of pyridine rings is 3. The van der Waals surface area contributed by atoms with E-state index in [0.29, 0.717) is 47.5 Å². The van der Waals surface area contributed by atoms with Crippen molar-refractivity contribution in [2.45, 2.75) is 13.1 Å². The molecule has 0 radical (unpaired) electrons. The first-order valence-corrected chi connectivity index (χ1v) is 13.4. The second-order valence-corrected chi connectivity index (χ2v) is 9.84. The van der Waals surface area contributed by atoms with Crippen molar-refractivity contribution in [1.29, 1.82) is 0 Å². The van der Waals surface area contributed by atoms with Crippen molar-refractivity contribution >= 4 is 23.1 Å². The zero-order chi connectivity index (χ0) is 29.2. The quantitative estimate of drug-likeness (QED) is 0.317. The Labute approximate surface area is 241 Å². The molecule has 6 rings (SSSR count). The predicted molar refractivity (Wildman–Crippen MR) is 153 cm³/mol. The molecule has 1 fully saturated rings. The lowest BCUT2D eigenvalue weighted by atomic mass is 10.1. The van der Waals surface area contributed by atoms with E-state index in [1.165, 1.54) is 24.3 Å². The van der Waals surface area contributed by atoms with E-state index in [1.54, 1.807) is 37.4 Å². The summed E-state index contributed by atoms with van der Waals surface area (Å²) in [5.74, 6) is 0.712. The minimum atomic E-state index is -0.766. The molecule has 11 nitrogen and oxygen atoms in total. The maximum atomic E-state index is 14.8. The van der Waals surface area contributed by atoms with Gasteiger partial charge in [0.05, 0.1) is 69.4 Å². The van der Waals surface area contributed by atoms with Crippen molar-refractivity contribution in [2.75, 3.05) is 50.7 Å². The molecular weight excluding hydrogens is 543 g/mol. The molecule has 5 heterocycles. The van der Waals surface area contributed by atoms with Gasteiger partial charge < -0.3 is 29.3 Å². The molecule has 3 aromatic heterocycles. The molecule has 0 atom stereocenters. The Balaban J connectivity index is 1.36. The average molecular weight is 573 g/mol. The lowest BCUT2D eigenvalue weighted by Crippen LogP contribution is -2.36. The molecule has 2 aliphatic heterocycles. The first-order chi connectivity index (χ1) is 20.4. The van der Waals surface area contributed by atoms with E-state index in [9.17, 15) is 14.0 Å². The second-order valence-electron chi connectivity index (χ2n) is 9.84. The number of rotatable bonds is 8. The predicted octanol–water partition coefficient (Wildman–Crippen LogP) is 3.52. The molecule has 1 aromatic carbocycles. The highest BCUT2D eigenvalue weighted by Gasteiger charge is 2.33. The van der Waals surface area contributed by atoms with Crippen molar-refractivity contribution in [1.82, 2.24) is 19.4 Å². The zero-order valence-electron chi connectivity index (χ0n) is 23.2. The fourth-order valence-corrected chi connectivity index (χ4v) is 5.17. The number of carbonyl (C=O) groups excluding carboxylic acids is 1. The van der Waals surface area contributed by atoms with E-state index in [2.05, 4.69) is 20.2 Å². The van der Waals surface area contributed by atoms with Crippen molar-refractivity contribution in [3.8, 4) is 17.3 Å². The number of methoxy groups -OCH3 is 2. The number of halogens is 1. The molecule has 216 valence electrons. The Bertz CT molecular complexity index is 1690. The molecule has 0 bridgehead atoms. The molecule has 4 aromatic rings. The molecule has 1 N–H and O–H groups in total. The van der Waals surface area contributed by atoms with Crippen molar-refractivity contribution < 1.29 is 23.4 Å². The maximum absolute atomic E-state index is 14.8. The van der Waals surface area contributed by atoms with Crippen molar-refractivity contribution in [3.63, 3.8) is 0 Å². The van der Waals surface area contributed by atoms with Gasteiger partial charge >= 0.3 is 0 Å². The van der Waals surface area contributed by atoms with Gasteiger partial charge in [0.15, 0.2) is 0 Å². The SMILES string of the molecule is COc1ccc(CN2Cc3nc(-n4c(F)cccc4=O)cc(Nc4ccc(N5CCOCC5)cn4)c3C2=O)c(OC)c1. The molecule has 0 saturated carbocycles. The first-order valence-electron chi connectivity index (χ1n) is 13.4. The summed E-state index contributed by atoms with van der Waals surface area (Å²) in [7, 11) is 3.12. The minimum Gasteiger partial charge on any atom is -0.497 e. The molecule has 0 unspecified atom stereocenters. The molecule has 12 heteroatoms. The van der Waals surface area contributed by atoms with Crippen LogP contribution in [0.5, 0.6) is 11.5 Å². The van der Waals surface area contributed by atoms with E-state index >= 15 is 0 Å². The van der Waals surface area contributed by atoms with Crippen LogP contribution in [0.3, 0.4) is 0 Å². The number of nitrogens with zero attached hydrogens (tertiary/aromatic N) is 5. The largest absolute Gasteiger partial charge is 0.497 e. The summed E-state index contributed by atoms with van der Waals surface area (Å²) in [6.45, 7) is 3.25. The number of aromatic nitrogens is 3. The van der Waals surface area contributed by atoms with Gasteiger partial charge in [-0.2, -0.15) is 4.39 Å². The van der Waals surface area contributed by atoms with Gasteiger partial charge in [-0.1, -0.05) is 6.07 Å². The normalized spacial score (nSPS) is 14.6. The molecule has 1 amide bonds. The molecule has 42 heavy (non-hydrogen) atoms. The number of carbonyl (C=O) groups is 1. The summed E-state index contributed by atoms with van der Waals surface area (Å²) in [4.78, 5) is 39.3. The summed E-state index contributed by atoms with van der Waals surface area (Å²) in [5.41, 5.74) is 2.26. The van der Waals surface area contributed by atoms with Crippen molar-refractivity contribution in [3.05, 3.63) is 93.9 Å². The highest BCUT2D eigenvalue weighted by Crippen LogP contribution is 2.34. The molecule has 0 aliphatic carbocycles. The van der Waals surface area contributed by atoms with E-state index in [4.69, 9.17) is 14.2 Å². The third-order valence-corrected chi connectivity index (χ3v) is 7.30. The lowest BCUT2D eigenvalue weighted by molar-refractivity contribution is 0.0766. The number of hydrogen-bond acceptors (Lipinski definition) is 9. The van der Waals surface area contributed by atoms with Gasteiger partial charge in [-0.05, 0) is 30.3 Å². The van der Waals surface area contributed by atoms with Crippen LogP contribution in [0.4, 0.5) is 21.6 Å². The lowest BCUT2D eigenvalue weighted by Gasteiger charge is -2.28. The molecule has 1 saturated heterocycles. The van der Waals surface area contributed by atoms with Gasteiger partial charge in [0.25, 0.3) is 11.5 Å². The Kier molecular flexibility index (Phi) is 7.44. The summed E-state index contributed by atoms with van der Waals surface area (Å²) in [6, 6.07) is 14.4. The van der Waals surface area contributed by atoms with Gasteiger partial charge in [0.2, 0.25) is 5.95 Å². The van der Waals surface area contributed by atoms with Gasteiger partial charge in [0, 0.05) is 36.9 Å². The highest BCUT2D eigenvalue weighted by atomic mass is 19.1. The molecule has 0 spiro atoms. The Morgan fingerprint density at radius 2 is 1.86 bits per heavy atom. The van der Waals surface area contributed by atoms with E-state index < -0.39 is 11.5 Å². The van der Waals surface area contributed by atoms with E-state index in [0.717, 1.165) is 28.9 Å². The topological polar surface area (TPSA) is 111 Å². The number of fused-ring (bicyclic) bond motifs is 1. The average Bonchev–Trinajstić information content (AvgIpc) is 3.32. The third-order valence-electron chi connectivity index (χ3n) is 7.30. The monoisotopic (exact) mass is 572 g/mol. The van der Waals surface area contributed by atoms with Crippen LogP contribution in [-0.2, 0) is 17.8 Å². The number of anilines is 3. The van der Waals surface area contributed by atoms with E-state index in [1.807, 2.05) is 18.2 Å². The Morgan fingerprint density at radius 3 is 2.57 bits per heavy atom. The standard InChI is InChI=1S/C30H29FN6O5/c1-40-21-8-6-19(24(14-21)41-2)17-36-18-23-29(30(36)39)22(15-27(34-23)37-25(31)4-3-5-28(37)38)33-26-9-7-20(16-32-26)35-10-12-42-13-11-35/h3-9,14-16H,10-13,17-18H2,1-2H3,(H,32,33,34). The fourth-order valence-electron chi connectivity index (χ4n) is 5.17. The third kappa shape index (κ3) is 5.23. The van der Waals surface area contributed by atoms with Crippen LogP contribution in [0.25, 0.3) is 5.82 Å². The van der Waals surface area contributed by atoms with Crippen LogP contribution in [0.2, 0.25) is 0 Å². The van der Waals surface area contributed by atoms with E-state index in [-0.39, 0.29) is 24.8 Å². The number of hydrogen-bond donors (Lipinski definition) is 1.